The number of halogens is 10. The van der Waals surface area contributed by atoms with Gasteiger partial charge in [0.2, 0.25) is 0 Å². The van der Waals surface area contributed by atoms with Crippen LogP contribution in [0.4, 0.5) is 43.9 Å². The first-order chi connectivity index (χ1) is 12.6. The van der Waals surface area contributed by atoms with Crippen molar-refractivity contribution in [1.82, 2.24) is 0 Å². The number of hydrogen-bond acceptors (Lipinski definition) is 1. The van der Waals surface area contributed by atoms with Crippen LogP contribution in [0.5, 0.6) is 0 Å². The van der Waals surface area contributed by atoms with Crippen molar-refractivity contribution in [3.63, 3.8) is 0 Å². The third-order valence-electron chi connectivity index (χ3n) is 3.57. The monoisotopic (exact) mass is 438 g/mol. The summed E-state index contributed by atoms with van der Waals surface area (Å²) in [5, 5.41) is 0. The molecule has 0 aromatic heterocycles. The standard InChI is InChI=1S/C16H8F10OS/c17-13(18,15(21,22)23)9-1-5-11(6-2-9)28(27)12-7-3-10(4-8-12)14(19,20)16(24,25)26/h1-8H. The second-order valence-electron chi connectivity index (χ2n) is 5.46. The van der Waals surface area contributed by atoms with Crippen LogP contribution in [0.25, 0.3) is 0 Å². The molecular weight excluding hydrogens is 430 g/mol. The summed E-state index contributed by atoms with van der Waals surface area (Å²) in [6, 6.07) is 4.43. The molecule has 0 unspecified atom stereocenters. The average Bonchev–Trinajstić information content (AvgIpc) is 2.59. The Morgan fingerprint density at radius 2 is 0.750 bits per heavy atom. The fourth-order valence-electron chi connectivity index (χ4n) is 2.04. The molecule has 0 amide bonds. The van der Waals surface area contributed by atoms with Crippen molar-refractivity contribution in [1.29, 1.82) is 0 Å². The van der Waals surface area contributed by atoms with E-state index < -0.39 is 46.1 Å². The van der Waals surface area contributed by atoms with E-state index >= 15 is 0 Å². The van der Waals surface area contributed by atoms with Gasteiger partial charge in [-0.25, -0.2) is 4.21 Å². The van der Waals surface area contributed by atoms with Gasteiger partial charge < -0.3 is 0 Å². The van der Waals surface area contributed by atoms with Gasteiger partial charge in [0.25, 0.3) is 0 Å². The maximum absolute atomic E-state index is 13.2. The van der Waals surface area contributed by atoms with Crippen molar-refractivity contribution in [3.8, 4) is 0 Å². The molecule has 0 aliphatic rings. The summed E-state index contributed by atoms with van der Waals surface area (Å²) >= 11 is 0. The summed E-state index contributed by atoms with van der Waals surface area (Å²) < 4.78 is 139. The molecular formula is C16H8F10OS. The van der Waals surface area contributed by atoms with Gasteiger partial charge in [0.15, 0.2) is 0 Å². The molecule has 0 bridgehead atoms. The van der Waals surface area contributed by atoms with E-state index in [9.17, 15) is 48.1 Å². The van der Waals surface area contributed by atoms with Gasteiger partial charge in [0.1, 0.15) is 0 Å². The van der Waals surface area contributed by atoms with Gasteiger partial charge in [-0.15, -0.1) is 0 Å². The molecule has 28 heavy (non-hydrogen) atoms. The molecule has 0 saturated heterocycles. The molecule has 0 fully saturated rings. The second-order valence-corrected chi connectivity index (χ2v) is 6.94. The molecule has 2 aromatic carbocycles. The molecule has 0 heterocycles. The van der Waals surface area contributed by atoms with Gasteiger partial charge in [-0.05, 0) is 24.3 Å². The van der Waals surface area contributed by atoms with Crippen LogP contribution in [0.15, 0.2) is 58.3 Å². The minimum atomic E-state index is -5.84. The molecule has 0 radical (unpaired) electrons. The highest BCUT2D eigenvalue weighted by atomic mass is 32.2. The van der Waals surface area contributed by atoms with Gasteiger partial charge in [-0.1, -0.05) is 24.3 Å². The SMILES string of the molecule is O=S(c1ccc(C(F)(F)C(F)(F)F)cc1)c1ccc(C(F)(F)C(F)(F)F)cc1. The highest BCUT2D eigenvalue weighted by molar-refractivity contribution is 7.85. The lowest BCUT2D eigenvalue weighted by atomic mass is 10.1. The third-order valence-corrected chi connectivity index (χ3v) is 4.97. The normalized spacial score (nSPS) is 13.8. The molecule has 0 spiro atoms. The van der Waals surface area contributed by atoms with E-state index in [1.165, 1.54) is 0 Å². The second kappa shape index (κ2) is 7.05. The molecule has 1 nitrogen and oxygen atoms in total. The number of rotatable bonds is 4. The number of benzene rings is 2. The minimum absolute atomic E-state index is 0.253. The highest BCUT2D eigenvalue weighted by Gasteiger charge is 2.59. The zero-order valence-corrected chi connectivity index (χ0v) is 14.0. The summed E-state index contributed by atoms with van der Waals surface area (Å²) in [5.41, 5.74) is -2.80. The zero-order valence-electron chi connectivity index (χ0n) is 13.2. The Morgan fingerprint density at radius 1 is 0.500 bits per heavy atom. The molecule has 0 saturated carbocycles. The molecule has 2 rings (SSSR count). The summed E-state index contributed by atoms with van der Waals surface area (Å²) in [7, 11) is -2.21. The molecule has 154 valence electrons. The van der Waals surface area contributed by atoms with E-state index in [2.05, 4.69) is 0 Å². The zero-order chi connectivity index (χ0) is 21.5. The van der Waals surface area contributed by atoms with Gasteiger partial charge in [0, 0.05) is 20.9 Å². The fourth-order valence-corrected chi connectivity index (χ4v) is 3.08. The van der Waals surface area contributed by atoms with Crippen LogP contribution < -0.4 is 0 Å². The van der Waals surface area contributed by atoms with Gasteiger partial charge >= 0.3 is 24.2 Å². The number of hydrogen-bond donors (Lipinski definition) is 0. The Morgan fingerprint density at radius 3 is 0.964 bits per heavy atom. The Bertz CT molecular complexity index is 779. The van der Waals surface area contributed by atoms with Gasteiger partial charge in [0.05, 0.1) is 10.8 Å². The van der Waals surface area contributed by atoms with Crippen LogP contribution in [-0.4, -0.2) is 16.6 Å². The van der Waals surface area contributed by atoms with Crippen LogP contribution in [0.1, 0.15) is 11.1 Å². The van der Waals surface area contributed by atoms with Crippen LogP contribution in [-0.2, 0) is 22.6 Å². The Labute approximate surface area is 153 Å². The van der Waals surface area contributed by atoms with E-state index in [1.807, 2.05) is 0 Å². The molecule has 0 atom stereocenters. The van der Waals surface area contributed by atoms with Gasteiger partial charge in [-0.3, -0.25) is 0 Å². The predicted octanol–water partition coefficient (Wildman–Crippen LogP) is 6.16. The lowest BCUT2D eigenvalue weighted by molar-refractivity contribution is -0.289. The fraction of sp³-hybridized carbons (Fsp3) is 0.250. The summed E-state index contributed by atoms with van der Waals surface area (Å²) in [4.78, 5) is -0.505. The van der Waals surface area contributed by atoms with Crippen LogP contribution in [0.2, 0.25) is 0 Å². The maximum atomic E-state index is 13.2. The van der Waals surface area contributed by atoms with E-state index in [0.29, 0.717) is 48.5 Å². The molecule has 12 heteroatoms. The first kappa shape index (κ1) is 22.2. The van der Waals surface area contributed by atoms with Crippen molar-refractivity contribution >= 4 is 10.8 Å². The molecule has 2 aromatic rings. The molecule has 0 N–H and O–H groups in total. The van der Waals surface area contributed by atoms with Crippen LogP contribution in [0.3, 0.4) is 0 Å². The smallest absolute Gasteiger partial charge is 0.249 e. The summed E-state index contributed by atoms with van der Waals surface area (Å²) in [6.07, 6.45) is -11.7. The highest BCUT2D eigenvalue weighted by Crippen LogP contribution is 2.45. The summed E-state index contributed by atoms with van der Waals surface area (Å²) in [5.74, 6) is -10.3. The Hall–Kier alpha value is -2.11. The van der Waals surface area contributed by atoms with E-state index in [4.69, 9.17) is 0 Å². The van der Waals surface area contributed by atoms with Crippen molar-refractivity contribution in [2.45, 2.75) is 34.0 Å². The lowest BCUT2D eigenvalue weighted by Gasteiger charge is -2.20. The van der Waals surface area contributed by atoms with Crippen molar-refractivity contribution in [2.75, 3.05) is 0 Å². The minimum Gasteiger partial charge on any atom is -0.249 e. The van der Waals surface area contributed by atoms with Gasteiger partial charge in [-0.2, -0.15) is 43.9 Å². The first-order valence-electron chi connectivity index (χ1n) is 7.11. The van der Waals surface area contributed by atoms with Crippen molar-refractivity contribution < 1.29 is 48.1 Å². The largest absolute Gasteiger partial charge is 0.458 e. The van der Waals surface area contributed by atoms with Crippen LogP contribution in [0, 0.1) is 0 Å². The lowest BCUT2D eigenvalue weighted by Crippen LogP contribution is -2.33. The van der Waals surface area contributed by atoms with E-state index in [1.54, 1.807) is 0 Å². The maximum Gasteiger partial charge on any atom is 0.458 e. The average molecular weight is 438 g/mol. The van der Waals surface area contributed by atoms with Crippen molar-refractivity contribution in [3.05, 3.63) is 59.7 Å². The molecule has 0 aliphatic carbocycles. The first-order valence-corrected chi connectivity index (χ1v) is 8.26. The topological polar surface area (TPSA) is 17.1 Å². The quantitative estimate of drug-likeness (QED) is 0.523. The Kier molecular flexibility index (Phi) is 5.58. The molecule has 0 aliphatic heterocycles. The van der Waals surface area contributed by atoms with Crippen molar-refractivity contribution in [2.24, 2.45) is 0 Å². The van der Waals surface area contributed by atoms with E-state index in [-0.39, 0.29) is 9.79 Å². The summed E-state index contributed by atoms with van der Waals surface area (Å²) in [6.45, 7) is 0. The predicted molar refractivity (Wildman–Crippen MR) is 77.5 cm³/mol. The van der Waals surface area contributed by atoms with E-state index in [0.717, 1.165) is 0 Å². The van der Waals surface area contributed by atoms with Crippen LogP contribution >= 0.6 is 0 Å². The third kappa shape index (κ3) is 4.01. The Balaban J connectivity index is 2.28. The number of alkyl halides is 10.